The first-order chi connectivity index (χ1) is 16.7. The van der Waals surface area contributed by atoms with Gasteiger partial charge in [0, 0.05) is 31.8 Å². The van der Waals surface area contributed by atoms with Gasteiger partial charge in [0.25, 0.3) is 0 Å². The zero-order chi connectivity index (χ0) is 24.7. The molecule has 0 radical (unpaired) electrons. The van der Waals surface area contributed by atoms with E-state index in [9.17, 15) is 22.8 Å². The quantitative estimate of drug-likeness (QED) is 0.604. The first-order valence-corrected chi connectivity index (χ1v) is 11.0. The first-order valence-electron chi connectivity index (χ1n) is 11.0. The Balaban J connectivity index is 1.35. The molecule has 35 heavy (non-hydrogen) atoms. The summed E-state index contributed by atoms with van der Waals surface area (Å²) in [5, 5.41) is 7.60. The smallest absolute Gasteiger partial charge is 0.405 e. The molecule has 0 saturated carbocycles. The highest BCUT2D eigenvalue weighted by molar-refractivity contribution is 5.91. The van der Waals surface area contributed by atoms with Crippen LogP contribution in [0.15, 0.2) is 52.6 Å². The Morgan fingerprint density at radius 3 is 2.89 bits per heavy atom. The Morgan fingerprint density at radius 1 is 1.31 bits per heavy atom. The number of urea groups is 1. The number of carbonyl (C=O) groups excluding carboxylic acids is 2. The number of nitrogens with one attached hydrogen (secondary N) is 3. The van der Waals surface area contributed by atoms with Crippen LogP contribution in [0.25, 0.3) is 11.3 Å². The lowest BCUT2D eigenvalue weighted by molar-refractivity contribution is -0.138. The van der Waals surface area contributed by atoms with Crippen molar-refractivity contribution in [3.8, 4) is 11.3 Å². The van der Waals surface area contributed by atoms with Crippen LogP contribution in [0.5, 0.6) is 0 Å². The van der Waals surface area contributed by atoms with Gasteiger partial charge in [-0.3, -0.25) is 15.0 Å². The molecule has 5 rings (SSSR count). The molecular formula is C22H22F3N7O3. The van der Waals surface area contributed by atoms with Crippen molar-refractivity contribution < 1.29 is 27.2 Å². The number of halogens is 3. The highest BCUT2D eigenvalue weighted by atomic mass is 19.4. The zero-order valence-corrected chi connectivity index (χ0v) is 18.6. The number of carbonyl (C=O) groups is 2. The zero-order valence-electron chi connectivity index (χ0n) is 18.6. The van der Waals surface area contributed by atoms with Crippen molar-refractivity contribution in [3.05, 3.63) is 54.1 Å². The van der Waals surface area contributed by atoms with Gasteiger partial charge < -0.3 is 20.0 Å². The van der Waals surface area contributed by atoms with Gasteiger partial charge in [0.1, 0.15) is 24.2 Å². The van der Waals surface area contributed by atoms with Crippen molar-refractivity contribution in [2.75, 3.05) is 25.0 Å². The van der Waals surface area contributed by atoms with Crippen LogP contribution in [0.3, 0.4) is 0 Å². The summed E-state index contributed by atoms with van der Waals surface area (Å²) in [4.78, 5) is 37.6. The van der Waals surface area contributed by atoms with Gasteiger partial charge in [0.05, 0.1) is 17.9 Å². The number of alkyl halides is 3. The van der Waals surface area contributed by atoms with Gasteiger partial charge in [-0.05, 0) is 24.6 Å². The number of hydrogen-bond acceptors (Lipinski definition) is 7. The normalized spacial score (nSPS) is 21.0. The molecule has 0 aliphatic carbocycles. The highest BCUT2D eigenvalue weighted by Crippen LogP contribution is 2.33. The van der Waals surface area contributed by atoms with Crippen molar-refractivity contribution in [1.82, 2.24) is 30.4 Å². The Hall–Kier alpha value is -4.03. The van der Waals surface area contributed by atoms with E-state index in [0.29, 0.717) is 48.2 Å². The Morgan fingerprint density at radius 2 is 2.14 bits per heavy atom. The van der Waals surface area contributed by atoms with Gasteiger partial charge in [-0.2, -0.15) is 13.2 Å². The molecule has 1 fully saturated rings. The topological polar surface area (TPSA) is 116 Å². The molecule has 3 N–H and O–H groups in total. The van der Waals surface area contributed by atoms with Gasteiger partial charge in [-0.1, -0.05) is 6.08 Å². The summed E-state index contributed by atoms with van der Waals surface area (Å²) in [5.74, 6) is 0.853. The second-order valence-corrected chi connectivity index (χ2v) is 8.41. The summed E-state index contributed by atoms with van der Waals surface area (Å²) in [6.45, 7) is 1.61. The standard InChI is InChI=1S/C22H22F3N7O3/c1-12-27-9-17(35-12)13-4-6-26-18(8-13)30-21(34)32-14-5-7-31(10-14)16-3-2-15(29-19(16)32)20(33)28-11-22(23,24)25/h2-4,6,8-9,14-15,29H,5,7,10-11H2,1H3,(H,28,33)(H,26,30,34)/t14-,15?/m0/s1. The third-order valence-electron chi connectivity index (χ3n) is 5.96. The Bertz CT molecular complexity index is 1220. The van der Waals surface area contributed by atoms with Crippen LogP contribution in [0.1, 0.15) is 12.3 Å². The van der Waals surface area contributed by atoms with Gasteiger partial charge in [0.15, 0.2) is 11.7 Å². The van der Waals surface area contributed by atoms with Gasteiger partial charge in [-0.25, -0.2) is 14.8 Å². The molecule has 3 aliphatic heterocycles. The summed E-state index contributed by atoms with van der Waals surface area (Å²) < 4.78 is 43.1. The second kappa shape index (κ2) is 8.64. The average molecular weight is 489 g/mol. The molecule has 5 heterocycles. The van der Waals surface area contributed by atoms with Crippen LogP contribution in [0, 0.1) is 6.92 Å². The largest absolute Gasteiger partial charge is 0.441 e. The number of dihydropyridines is 1. The molecular weight excluding hydrogens is 467 g/mol. The van der Waals surface area contributed by atoms with Gasteiger partial charge >= 0.3 is 12.2 Å². The minimum absolute atomic E-state index is 0.174. The van der Waals surface area contributed by atoms with Gasteiger partial charge in [0.2, 0.25) is 5.91 Å². The molecule has 10 nitrogen and oxygen atoms in total. The van der Waals surface area contributed by atoms with Gasteiger partial charge in [-0.15, -0.1) is 0 Å². The summed E-state index contributed by atoms with van der Waals surface area (Å²) in [5.41, 5.74) is 1.38. The number of aryl methyl sites for hydroxylation is 1. The molecule has 184 valence electrons. The monoisotopic (exact) mass is 489 g/mol. The molecule has 2 aromatic heterocycles. The summed E-state index contributed by atoms with van der Waals surface area (Å²) in [6, 6.07) is 1.68. The van der Waals surface area contributed by atoms with Crippen molar-refractivity contribution in [3.63, 3.8) is 0 Å². The molecule has 2 atom stereocenters. The lowest BCUT2D eigenvalue weighted by Crippen LogP contribution is -2.56. The van der Waals surface area contributed by atoms with Crippen LogP contribution < -0.4 is 16.0 Å². The van der Waals surface area contributed by atoms with E-state index in [1.807, 2.05) is 5.32 Å². The number of oxazole rings is 1. The second-order valence-electron chi connectivity index (χ2n) is 8.41. The van der Waals surface area contributed by atoms with E-state index < -0.39 is 30.7 Å². The van der Waals surface area contributed by atoms with Crippen molar-refractivity contribution in [2.45, 2.75) is 31.6 Å². The fourth-order valence-corrected chi connectivity index (χ4v) is 4.37. The number of aromatic nitrogens is 2. The molecule has 3 aliphatic rings. The third kappa shape index (κ3) is 4.66. The van der Waals surface area contributed by atoms with Crippen molar-refractivity contribution >= 4 is 17.8 Å². The average Bonchev–Trinajstić information content (AvgIpc) is 3.44. The fourth-order valence-electron chi connectivity index (χ4n) is 4.37. The number of amides is 3. The van der Waals surface area contributed by atoms with E-state index in [0.717, 1.165) is 0 Å². The van der Waals surface area contributed by atoms with E-state index in [2.05, 4.69) is 25.5 Å². The molecule has 2 aromatic rings. The molecule has 0 spiro atoms. The SMILES string of the molecule is Cc1ncc(-c2ccnc(NC(=O)N3C4=C(C=CC(C(=O)NCC(F)(F)F)N4)N4CC[C@H]3C4)c2)o1. The van der Waals surface area contributed by atoms with E-state index in [1.165, 1.54) is 17.2 Å². The van der Waals surface area contributed by atoms with Crippen molar-refractivity contribution in [2.24, 2.45) is 0 Å². The van der Waals surface area contributed by atoms with Crippen LogP contribution in [-0.2, 0) is 4.79 Å². The molecule has 2 bridgehead atoms. The lowest BCUT2D eigenvalue weighted by Gasteiger charge is -2.40. The number of hydrogen-bond donors (Lipinski definition) is 3. The third-order valence-corrected chi connectivity index (χ3v) is 5.96. The summed E-state index contributed by atoms with van der Waals surface area (Å²) >= 11 is 0. The Kier molecular flexibility index (Phi) is 5.61. The van der Waals surface area contributed by atoms with E-state index in [-0.39, 0.29) is 11.9 Å². The van der Waals surface area contributed by atoms with Crippen LogP contribution in [-0.4, -0.2) is 69.6 Å². The van der Waals surface area contributed by atoms with Crippen molar-refractivity contribution in [1.29, 1.82) is 0 Å². The number of pyridine rings is 1. The number of anilines is 1. The van der Waals surface area contributed by atoms with E-state index >= 15 is 0 Å². The lowest BCUT2D eigenvalue weighted by atomic mass is 10.1. The van der Waals surface area contributed by atoms with E-state index in [4.69, 9.17) is 4.42 Å². The van der Waals surface area contributed by atoms with E-state index in [1.54, 1.807) is 31.3 Å². The van der Waals surface area contributed by atoms with Crippen LogP contribution in [0.4, 0.5) is 23.8 Å². The fraction of sp³-hybridized carbons (Fsp3) is 0.364. The maximum absolute atomic E-state index is 13.4. The Labute approximate surface area is 197 Å². The molecule has 1 unspecified atom stereocenters. The maximum atomic E-state index is 13.4. The highest BCUT2D eigenvalue weighted by Gasteiger charge is 2.43. The molecule has 13 heteroatoms. The first kappa shape index (κ1) is 22.7. The minimum Gasteiger partial charge on any atom is -0.441 e. The molecule has 3 amide bonds. The van der Waals surface area contributed by atoms with Crippen LogP contribution in [0.2, 0.25) is 0 Å². The molecule has 1 saturated heterocycles. The maximum Gasteiger partial charge on any atom is 0.405 e. The number of allylic oxidation sites excluding steroid dienone is 1. The predicted octanol–water partition coefficient (Wildman–Crippen LogP) is 2.34. The number of fused-ring (bicyclic) bond motifs is 3. The van der Waals surface area contributed by atoms with Crippen LogP contribution >= 0.6 is 0 Å². The summed E-state index contributed by atoms with van der Waals surface area (Å²) in [6.07, 6.45) is 2.44. The molecule has 0 aromatic carbocycles. The minimum atomic E-state index is -4.52. The number of rotatable bonds is 4. The number of nitrogens with zero attached hydrogens (tertiary/aromatic N) is 4. The summed E-state index contributed by atoms with van der Waals surface area (Å²) in [7, 11) is 0. The predicted molar refractivity (Wildman–Crippen MR) is 117 cm³/mol.